The highest BCUT2D eigenvalue weighted by Gasteiger charge is 2.21. The van der Waals surface area contributed by atoms with Gasteiger partial charge in [-0.25, -0.2) is 9.78 Å². The van der Waals surface area contributed by atoms with Crippen molar-refractivity contribution in [1.29, 1.82) is 0 Å². The van der Waals surface area contributed by atoms with E-state index in [-0.39, 0.29) is 37.1 Å². The fraction of sp³-hybridized carbons (Fsp3) is 0.387. The van der Waals surface area contributed by atoms with E-state index in [0.29, 0.717) is 18.2 Å². The Morgan fingerprint density at radius 2 is 1.67 bits per heavy atom. The summed E-state index contributed by atoms with van der Waals surface area (Å²) < 4.78 is 51.7. The first-order valence-electron chi connectivity index (χ1n) is 13.8. The first-order valence-corrected chi connectivity index (χ1v) is 15.2. The van der Waals surface area contributed by atoms with E-state index in [4.69, 9.17) is 23.1 Å². The summed E-state index contributed by atoms with van der Waals surface area (Å²) in [5.74, 6) is 0.681. The van der Waals surface area contributed by atoms with Gasteiger partial charge in [-0.2, -0.15) is 8.42 Å². The molecule has 0 aliphatic carbocycles. The number of aromatic nitrogens is 2. The van der Waals surface area contributed by atoms with Crippen LogP contribution in [0.5, 0.6) is 11.6 Å². The van der Waals surface area contributed by atoms with Gasteiger partial charge in [0.2, 0.25) is 5.88 Å². The minimum absolute atomic E-state index is 0.00931. The largest absolute Gasteiger partial charge is 0.490 e. The zero-order chi connectivity index (χ0) is 31.5. The first kappa shape index (κ1) is 33.5. The lowest BCUT2D eigenvalue weighted by atomic mass is 10.2. The molecule has 3 aromatic rings. The van der Waals surface area contributed by atoms with Gasteiger partial charge in [0, 0.05) is 19.3 Å². The van der Waals surface area contributed by atoms with Crippen LogP contribution < -0.4 is 14.4 Å². The minimum Gasteiger partial charge on any atom is -0.490 e. The number of rotatable bonds is 14. The van der Waals surface area contributed by atoms with Gasteiger partial charge in [-0.15, -0.1) is 0 Å². The fourth-order valence-corrected chi connectivity index (χ4v) is 4.59. The second kappa shape index (κ2) is 15.5. The lowest BCUT2D eigenvalue weighted by Gasteiger charge is -2.24. The molecule has 232 valence electrons. The number of aryl methyl sites for hydroxylation is 1. The topological polar surface area (TPSA) is 126 Å². The maximum atomic E-state index is 12.3. The van der Waals surface area contributed by atoms with Gasteiger partial charge in [-0.3, -0.25) is 14.1 Å². The quantitative estimate of drug-likeness (QED) is 0.169. The monoisotopic (exact) mass is 613 g/mol. The molecule has 0 saturated heterocycles. The number of carbonyl (C=O) groups excluding carboxylic acids is 1. The molecule has 11 nitrogen and oxygen atoms in total. The molecule has 0 aliphatic rings. The molecule has 0 unspecified atom stereocenters. The molecule has 43 heavy (non-hydrogen) atoms. The van der Waals surface area contributed by atoms with Crippen LogP contribution in [0.4, 0.5) is 10.5 Å². The van der Waals surface area contributed by atoms with Crippen LogP contribution in [0, 0.1) is 6.92 Å². The maximum absolute atomic E-state index is 12.3. The number of anilines is 1. The molecule has 0 bridgehead atoms. The molecular weight excluding hydrogens is 574 g/mol. The Morgan fingerprint density at radius 3 is 2.30 bits per heavy atom. The van der Waals surface area contributed by atoms with Gasteiger partial charge in [0.05, 0.1) is 37.4 Å². The Morgan fingerprint density at radius 1 is 0.930 bits per heavy atom. The number of nitrogens with zero attached hydrogens (tertiary/aromatic N) is 3. The van der Waals surface area contributed by atoms with Gasteiger partial charge in [0.15, 0.2) is 0 Å². The summed E-state index contributed by atoms with van der Waals surface area (Å²) in [7, 11) is -2.25. The summed E-state index contributed by atoms with van der Waals surface area (Å²) >= 11 is 0. The van der Waals surface area contributed by atoms with Crippen molar-refractivity contribution in [3.8, 4) is 11.6 Å². The van der Waals surface area contributed by atoms with Crippen LogP contribution in [0.15, 0.2) is 59.8 Å². The number of hydrogen-bond acceptors (Lipinski definition) is 10. The number of carbonyl (C=O) groups is 1. The van der Waals surface area contributed by atoms with E-state index >= 15 is 0 Å². The minimum atomic E-state index is -3.89. The van der Waals surface area contributed by atoms with Gasteiger partial charge >= 0.3 is 16.2 Å². The third kappa shape index (κ3) is 11.0. The van der Waals surface area contributed by atoms with Crippen molar-refractivity contribution in [3.05, 3.63) is 71.7 Å². The Balaban J connectivity index is 1.39. The second-order valence-corrected chi connectivity index (χ2v) is 11.9. The van der Waals surface area contributed by atoms with Crippen LogP contribution in [-0.4, -0.2) is 70.2 Å². The Hall–Kier alpha value is -4.00. The van der Waals surface area contributed by atoms with Crippen molar-refractivity contribution in [2.24, 2.45) is 0 Å². The lowest BCUT2D eigenvalue weighted by molar-refractivity contribution is 0.0589. The number of pyridine rings is 2. The van der Waals surface area contributed by atoms with Crippen molar-refractivity contribution < 1.29 is 36.3 Å². The van der Waals surface area contributed by atoms with E-state index < -0.39 is 21.8 Å². The molecule has 2 aromatic heterocycles. The predicted octanol–water partition coefficient (Wildman–Crippen LogP) is 5.53. The summed E-state index contributed by atoms with van der Waals surface area (Å²) in [6, 6.07) is 12.1. The molecule has 2 heterocycles. The fourth-order valence-electron chi connectivity index (χ4n) is 3.56. The van der Waals surface area contributed by atoms with Gasteiger partial charge in [-0.1, -0.05) is 12.1 Å². The molecule has 0 N–H and O–H groups in total. The first-order chi connectivity index (χ1) is 20.4. The highest BCUT2D eigenvalue weighted by atomic mass is 32.2. The Labute approximate surface area is 253 Å². The van der Waals surface area contributed by atoms with Gasteiger partial charge < -0.3 is 18.9 Å². The molecular formula is C31H39N3O8S. The van der Waals surface area contributed by atoms with E-state index in [1.807, 2.05) is 52.0 Å². The summed E-state index contributed by atoms with van der Waals surface area (Å²) in [6.45, 7) is 9.94. The second-order valence-electron chi connectivity index (χ2n) is 10.4. The van der Waals surface area contributed by atoms with Crippen LogP contribution in [-0.2, 0) is 23.8 Å². The van der Waals surface area contributed by atoms with Crippen molar-refractivity contribution in [1.82, 2.24) is 9.97 Å². The zero-order valence-corrected chi connectivity index (χ0v) is 26.2. The Kier molecular flexibility index (Phi) is 12.0. The van der Waals surface area contributed by atoms with Crippen molar-refractivity contribution in [2.75, 3.05) is 45.0 Å². The zero-order valence-electron chi connectivity index (χ0n) is 25.4. The van der Waals surface area contributed by atoms with Crippen LogP contribution in [0.1, 0.15) is 44.5 Å². The van der Waals surface area contributed by atoms with Crippen molar-refractivity contribution in [3.63, 3.8) is 0 Å². The smallest absolute Gasteiger partial charge is 0.414 e. The van der Waals surface area contributed by atoms with Gasteiger partial charge in [-0.05, 0) is 82.2 Å². The van der Waals surface area contributed by atoms with E-state index in [1.165, 1.54) is 11.0 Å². The molecule has 0 aliphatic heterocycles. The molecule has 3 rings (SSSR count). The van der Waals surface area contributed by atoms with Crippen LogP contribution >= 0.6 is 0 Å². The highest BCUT2D eigenvalue weighted by Crippen LogP contribution is 2.27. The highest BCUT2D eigenvalue weighted by molar-refractivity contribution is 7.86. The number of amides is 1. The third-order valence-electron chi connectivity index (χ3n) is 5.64. The van der Waals surface area contributed by atoms with Gasteiger partial charge in [0.25, 0.3) is 0 Å². The third-order valence-corrected chi connectivity index (χ3v) is 7.06. The SMILES string of the molecule is CCOS(=O)(=O)c1ccc(C)cc1OCCOCCOc1ccc(C=Cc2ccc(N(C)C(=O)OC(C)(C)C)cn2)cn1. The Bertz CT molecular complexity index is 1470. The summed E-state index contributed by atoms with van der Waals surface area (Å²) in [5.41, 5.74) is 2.49. The molecule has 0 saturated carbocycles. The summed E-state index contributed by atoms with van der Waals surface area (Å²) in [6.07, 6.45) is 6.56. The van der Waals surface area contributed by atoms with E-state index in [2.05, 4.69) is 9.97 Å². The normalized spacial score (nSPS) is 11.9. The summed E-state index contributed by atoms with van der Waals surface area (Å²) in [5, 5.41) is 0. The number of ether oxygens (including phenoxy) is 4. The predicted molar refractivity (Wildman–Crippen MR) is 164 cm³/mol. The maximum Gasteiger partial charge on any atom is 0.414 e. The lowest BCUT2D eigenvalue weighted by Crippen LogP contribution is -2.34. The van der Waals surface area contributed by atoms with E-state index in [1.54, 1.807) is 50.6 Å². The molecule has 1 amide bonds. The molecule has 0 atom stereocenters. The molecule has 0 radical (unpaired) electrons. The average molecular weight is 614 g/mol. The number of hydrogen-bond donors (Lipinski definition) is 0. The van der Waals surface area contributed by atoms with Crippen LogP contribution in [0.2, 0.25) is 0 Å². The molecule has 1 aromatic carbocycles. The molecule has 0 fully saturated rings. The average Bonchev–Trinajstić information content (AvgIpc) is 2.95. The van der Waals surface area contributed by atoms with E-state index in [0.717, 1.165) is 16.8 Å². The summed E-state index contributed by atoms with van der Waals surface area (Å²) in [4.78, 5) is 22.3. The van der Waals surface area contributed by atoms with Crippen LogP contribution in [0.3, 0.4) is 0 Å². The molecule has 0 spiro atoms. The molecule has 12 heteroatoms. The van der Waals surface area contributed by atoms with Crippen LogP contribution in [0.25, 0.3) is 12.2 Å². The van der Waals surface area contributed by atoms with Gasteiger partial charge in [0.1, 0.15) is 29.5 Å². The van der Waals surface area contributed by atoms with Crippen molar-refractivity contribution in [2.45, 2.75) is 45.1 Å². The van der Waals surface area contributed by atoms with Crippen molar-refractivity contribution >= 4 is 34.1 Å². The standard InChI is InChI=1S/C31H39N3O8S/c1-7-41-43(36,37)28-14-8-23(2)20-27(28)39-18-16-38-17-19-40-29-15-10-24(21-33-29)9-11-25-12-13-26(22-32-25)34(6)30(35)42-31(3,4)5/h8-15,20-22H,7,16-19H2,1-6H3. The number of benzene rings is 1. The van der Waals surface area contributed by atoms with E-state index in [9.17, 15) is 13.2 Å².